The van der Waals surface area contributed by atoms with E-state index in [1.807, 2.05) is 0 Å². The average Bonchev–Trinajstić information content (AvgIpc) is 2.21. The molecule has 0 unspecified atom stereocenters. The first-order chi connectivity index (χ1) is 7.08. The summed E-state index contributed by atoms with van der Waals surface area (Å²) in [6.45, 7) is 4.78. The van der Waals surface area contributed by atoms with Crippen molar-refractivity contribution in [3.63, 3.8) is 0 Å². The molecule has 2 N–H and O–H groups in total. The molecule has 0 amide bonds. The highest BCUT2D eigenvalue weighted by molar-refractivity contribution is 4.87. The molecule has 0 aromatic carbocycles. The van der Waals surface area contributed by atoms with Crippen LogP contribution in [0.3, 0.4) is 0 Å². The number of hydrogen-bond donors (Lipinski definition) is 1. The molecule has 1 aliphatic rings. The summed E-state index contributed by atoms with van der Waals surface area (Å²) in [5, 5.41) is 0. The quantitative estimate of drug-likeness (QED) is 0.753. The SMILES string of the molecule is CC1CCC(CN)(OCCN(C)C)CC1. The molecular formula is C12H26N2O. The molecule has 3 nitrogen and oxygen atoms in total. The third kappa shape index (κ3) is 4.09. The summed E-state index contributed by atoms with van der Waals surface area (Å²) in [6.07, 6.45) is 4.80. The molecule has 1 aliphatic carbocycles. The summed E-state index contributed by atoms with van der Waals surface area (Å²) in [4.78, 5) is 2.15. The maximum Gasteiger partial charge on any atom is 0.0805 e. The Hall–Kier alpha value is -0.120. The van der Waals surface area contributed by atoms with E-state index in [9.17, 15) is 0 Å². The van der Waals surface area contributed by atoms with Gasteiger partial charge in [0.25, 0.3) is 0 Å². The standard InChI is InChI=1S/C12H26N2O/c1-11-4-6-12(10-13,7-5-11)15-9-8-14(2)3/h11H,4-10,13H2,1-3H3. The van der Waals surface area contributed by atoms with Gasteiger partial charge in [-0.3, -0.25) is 0 Å². The highest BCUT2D eigenvalue weighted by Gasteiger charge is 2.33. The minimum absolute atomic E-state index is 0.0114. The average molecular weight is 214 g/mol. The first kappa shape index (κ1) is 12.9. The Labute approximate surface area is 94.0 Å². The van der Waals surface area contributed by atoms with Crippen molar-refractivity contribution in [1.82, 2.24) is 4.90 Å². The van der Waals surface area contributed by atoms with Crippen molar-refractivity contribution >= 4 is 0 Å². The summed E-state index contributed by atoms with van der Waals surface area (Å²) in [6, 6.07) is 0. The minimum Gasteiger partial charge on any atom is -0.372 e. The molecule has 0 aliphatic heterocycles. The molecule has 0 saturated heterocycles. The first-order valence-corrected chi connectivity index (χ1v) is 6.07. The fraction of sp³-hybridized carbons (Fsp3) is 1.00. The van der Waals surface area contributed by atoms with Crippen molar-refractivity contribution in [3.05, 3.63) is 0 Å². The van der Waals surface area contributed by atoms with Gasteiger partial charge in [-0.1, -0.05) is 6.92 Å². The van der Waals surface area contributed by atoms with E-state index in [4.69, 9.17) is 10.5 Å². The lowest BCUT2D eigenvalue weighted by atomic mass is 9.79. The zero-order valence-electron chi connectivity index (χ0n) is 10.5. The number of nitrogens with zero attached hydrogens (tertiary/aromatic N) is 1. The summed E-state index contributed by atoms with van der Waals surface area (Å²) in [5.41, 5.74) is 5.85. The van der Waals surface area contributed by atoms with Crippen molar-refractivity contribution in [1.29, 1.82) is 0 Å². The van der Waals surface area contributed by atoms with Crippen LogP contribution in [0.4, 0.5) is 0 Å². The van der Waals surface area contributed by atoms with Gasteiger partial charge in [0.05, 0.1) is 12.2 Å². The van der Waals surface area contributed by atoms with E-state index in [2.05, 4.69) is 25.9 Å². The number of ether oxygens (including phenoxy) is 1. The van der Waals surface area contributed by atoms with Gasteiger partial charge in [0.15, 0.2) is 0 Å². The molecule has 90 valence electrons. The Balaban J connectivity index is 2.33. The Morgan fingerprint density at radius 3 is 2.40 bits per heavy atom. The van der Waals surface area contributed by atoms with Gasteiger partial charge in [0.1, 0.15) is 0 Å². The van der Waals surface area contributed by atoms with Gasteiger partial charge in [-0.2, -0.15) is 0 Å². The molecule has 0 spiro atoms. The van der Waals surface area contributed by atoms with Gasteiger partial charge >= 0.3 is 0 Å². The van der Waals surface area contributed by atoms with Crippen LogP contribution in [0.5, 0.6) is 0 Å². The molecule has 1 fully saturated rings. The molecule has 0 bridgehead atoms. The predicted octanol–water partition coefficient (Wildman–Crippen LogP) is 1.47. The maximum absolute atomic E-state index is 6.01. The van der Waals surface area contributed by atoms with Crippen molar-refractivity contribution in [2.24, 2.45) is 11.7 Å². The molecule has 0 atom stereocenters. The molecular weight excluding hydrogens is 188 g/mol. The first-order valence-electron chi connectivity index (χ1n) is 6.07. The number of nitrogens with two attached hydrogens (primary N) is 1. The topological polar surface area (TPSA) is 38.5 Å². The van der Waals surface area contributed by atoms with Crippen molar-refractivity contribution in [2.45, 2.75) is 38.2 Å². The Morgan fingerprint density at radius 1 is 1.33 bits per heavy atom. The fourth-order valence-corrected chi connectivity index (χ4v) is 2.14. The zero-order chi connectivity index (χ0) is 11.3. The number of rotatable bonds is 5. The number of hydrogen-bond acceptors (Lipinski definition) is 3. The van der Waals surface area contributed by atoms with Gasteiger partial charge in [0.2, 0.25) is 0 Å². The molecule has 1 rings (SSSR count). The van der Waals surface area contributed by atoms with Crippen LogP contribution in [-0.4, -0.2) is 44.3 Å². The highest BCUT2D eigenvalue weighted by Crippen LogP contribution is 2.33. The van der Waals surface area contributed by atoms with E-state index in [-0.39, 0.29) is 5.60 Å². The predicted molar refractivity (Wildman–Crippen MR) is 63.9 cm³/mol. The lowest BCUT2D eigenvalue weighted by Gasteiger charge is -2.38. The van der Waals surface area contributed by atoms with Crippen LogP contribution in [0, 0.1) is 5.92 Å². The second-order valence-corrected chi connectivity index (χ2v) is 5.22. The lowest BCUT2D eigenvalue weighted by Crippen LogP contribution is -2.44. The fourth-order valence-electron chi connectivity index (χ4n) is 2.14. The van der Waals surface area contributed by atoms with Crippen molar-refractivity contribution in [3.8, 4) is 0 Å². The minimum atomic E-state index is -0.0114. The zero-order valence-corrected chi connectivity index (χ0v) is 10.5. The Kier molecular flexibility index (Phi) is 5.03. The maximum atomic E-state index is 6.01. The van der Waals surface area contributed by atoms with Crippen LogP contribution in [0.25, 0.3) is 0 Å². The second-order valence-electron chi connectivity index (χ2n) is 5.22. The highest BCUT2D eigenvalue weighted by atomic mass is 16.5. The van der Waals surface area contributed by atoms with Gasteiger partial charge in [-0.05, 0) is 45.7 Å². The largest absolute Gasteiger partial charge is 0.372 e. The van der Waals surface area contributed by atoms with Gasteiger partial charge < -0.3 is 15.4 Å². The van der Waals surface area contributed by atoms with Gasteiger partial charge in [-0.15, -0.1) is 0 Å². The Morgan fingerprint density at radius 2 is 1.93 bits per heavy atom. The van der Waals surface area contributed by atoms with Crippen molar-refractivity contribution < 1.29 is 4.74 Å². The molecule has 0 aromatic heterocycles. The van der Waals surface area contributed by atoms with E-state index in [0.29, 0.717) is 6.54 Å². The van der Waals surface area contributed by atoms with Crippen LogP contribution < -0.4 is 5.73 Å². The third-order valence-corrected chi connectivity index (χ3v) is 3.50. The van der Waals surface area contributed by atoms with Gasteiger partial charge in [0, 0.05) is 13.1 Å². The molecule has 0 heterocycles. The summed E-state index contributed by atoms with van der Waals surface area (Å²) >= 11 is 0. The van der Waals surface area contributed by atoms with Crippen LogP contribution >= 0.6 is 0 Å². The van der Waals surface area contributed by atoms with Crippen LogP contribution in [-0.2, 0) is 4.74 Å². The monoisotopic (exact) mass is 214 g/mol. The second kappa shape index (κ2) is 5.83. The third-order valence-electron chi connectivity index (χ3n) is 3.50. The summed E-state index contributed by atoms with van der Waals surface area (Å²) in [7, 11) is 4.14. The van der Waals surface area contributed by atoms with E-state index in [1.54, 1.807) is 0 Å². The van der Waals surface area contributed by atoms with Crippen molar-refractivity contribution in [2.75, 3.05) is 33.8 Å². The smallest absolute Gasteiger partial charge is 0.0805 e. The van der Waals surface area contributed by atoms with E-state index in [1.165, 1.54) is 12.8 Å². The van der Waals surface area contributed by atoms with E-state index in [0.717, 1.165) is 31.9 Å². The van der Waals surface area contributed by atoms with Crippen LogP contribution in [0.15, 0.2) is 0 Å². The van der Waals surface area contributed by atoms with Gasteiger partial charge in [-0.25, -0.2) is 0 Å². The Bertz CT molecular complexity index is 174. The molecule has 0 aromatic rings. The van der Waals surface area contributed by atoms with E-state index < -0.39 is 0 Å². The molecule has 3 heteroatoms. The van der Waals surface area contributed by atoms with E-state index >= 15 is 0 Å². The molecule has 0 radical (unpaired) electrons. The summed E-state index contributed by atoms with van der Waals surface area (Å²) < 4.78 is 6.01. The molecule has 15 heavy (non-hydrogen) atoms. The normalized spacial score (nSPS) is 32.2. The summed E-state index contributed by atoms with van der Waals surface area (Å²) in [5.74, 6) is 0.849. The lowest BCUT2D eigenvalue weighted by molar-refractivity contribution is -0.0731. The van der Waals surface area contributed by atoms with Crippen LogP contribution in [0.2, 0.25) is 0 Å². The van der Waals surface area contributed by atoms with Crippen LogP contribution in [0.1, 0.15) is 32.6 Å². The number of likely N-dealkylation sites (N-methyl/N-ethyl adjacent to an activating group) is 1. The molecule has 1 saturated carbocycles.